The number of aromatic nitrogens is 1. The van der Waals surface area contributed by atoms with E-state index in [4.69, 9.17) is 5.73 Å². The summed E-state index contributed by atoms with van der Waals surface area (Å²) >= 11 is 0. The number of hydrogen-bond donors (Lipinski definition) is 1. The van der Waals surface area contributed by atoms with Crippen molar-refractivity contribution < 1.29 is 4.79 Å². The Morgan fingerprint density at radius 3 is 2.79 bits per heavy atom. The van der Waals surface area contributed by atoms with Gasteiger partial charge in [-0.25, -0.2) is 4.98 Å². The molecule has 5 heteroatoms. The van der Waals surface area contributed by atoms with Crippen LogP contribution in [-0.2, 0) is 6.42 Å². The SMILES string of the molecule is NC(=O)c1ccnc(N2C[C@@H]3C[C@H](C2)[C@@H]2CCC[C@H](Cc4ccccc4)N2C3)c1. The van der Waals surface area contributed by atoms with E-state index in [2.05, 4.69) is 45.1 Å². The van der Waals surface area contributed by atoms with Crippen molar-refractivity contribution in [3.8, 4) is 0 Å². The van der Waals surface area contributed by atoms with Crippen molar-refractivity contribution in [2.75, 3.05) is 24.5 Å². The van der Waals surface area contributed by atoms with Gasteiger partial charge in [-0.05, 0) is 55.2 Å². The molecule has 1 aromatic heterocycles. The van der Waals surface area contributed by atoms with Gasteiger partial charge < -0.3 is 10.6 Å². The van der Waals surface area contributed by atoms with E-state index < -0.39 is 0 Å². The molecule has 3 aliphatic rings. The Morgan fingerprint density at radius 2 is 1.97 bits per heavy atom. The minimum atomic E-state index is -0.381. The molecule has 3 fully saturated rings. The molecule has 4 heterocycles. The summed E-state index contributed by atoms with van der Waals surface area (Å²) in [5, 5.41) is 0. The number of nitrogens with two attached hydrogens (primary N) is 1. The fourth-order valence-corrected chi connectivity index (χ4v) is 5.95. The zero-order valence-electron chi connectivity index (χ0n) is 16.9. The molecule has 5 nitrogen and oxygen atoms in total. The monoisotopic (exact) mass is 390 g/mol. The summed E-state index contributed by atoms with van der Waals surface area (Å²) < 4.78 is 0. The maximum absolute atomic E-state index is 11.6. The third-order valence-electron chi connectivity index (χ3n) is 7.18. The average molecular weight is 391 g/mol. The number of carbonyl (C=O) groups excluding carboxylic acids is 1. The molecule has 3 aliphatic heterocycles. The van der Waals surface area contributed by atoms with Crippen LogP contribution in [0.5, 0.6) is 0 Å². The number of pyridine rings is 1. The zero-order valence-corrected chi connectivity index (χ0v) is 16.9. The molecule has 0 unspecified atom stereocenters. The fourth-order valence-electron chi connectivity index (χ4n) is 5.95. The van der Waals surface area contributed by atoms with Crippen molar-refractivity contribution in [3.05, 3.63) is 59.8 Å². The van der Waals surface area contributed by atoms with Gasteiger partial charge in [-0.3, -0.25) is 9.69 Å². The van der Waals surface area contributed by atoms with Crippen molar-refractivity contribution in [2.24, 2.45) is 17.6 Å². The number of carbonyl (C=O) groups is 1. The van der Waals surface area contributed by atoms with Gasteiger partial charge in [-0.1, -0.05) is 36.8 Å². The van der Waals surface area contributed by atoms with Gasteiger partial charge in [0.15, 0.2) is 0 Å². The Hall–Kier alpha value is -2.40. The predicted octanol–water partition coefficient (Wildman–Crippen LogP) is 3.10. The normalized spacial score (nSPS) is 29.3. The van der Waals surface area contributed by atoms with E-state index in [1.54, 1.807) is 12.3 Å². The second kappa shape index (κ2) is 7.79. The molecule has 2 bridgehead atoms. The standard InChI is InChI=1S/C24H30N4O/c25-24(29)19-9-10-26-23(13-19)27-14-18-11-20(16-27)22-8-4-7-21(28(22)15-18)12-17-5-2-1-3-6-17/h1-3,5-6,9-10,13,18,20-22H,4,7-8,11-12,14-16H2,(H2,25,29)/t18-,20+,21+,22-/m0/s1. The average Bonchev–Trinajstić information content (AvgIpc) is 2.75. The van der Waals surface area contributed by atoms with E-state index in [-0.39, 0.29) is 5.91 Å². The minimum absolute atomic E-state index is 0.381. The zero-order chi connectivity index (χ0) is 19.8. The first kappa shape index (κ1) is 18.6. The topological polar surface area (TPSA) is 62.5 Å². The van der Waals surface area contributed by atoms with Crippen LogP contribution >= 0.6 is 0 Å². The lowest BCUT2D eigenvalue weighted by atomic mass is 9.74. The van der Waals surface area contributed by atoms with E-state index in [0.717, 1.165) is 18.9 Å². The predicted molar refractivity (Wildman–Crippen MR) is 115 cm³/mol. The fraction of sp³-hybridized carbons (Fsp3) is 0.500. The molecule has 1 aromatic carbocycles. The van der Waals surface area contributed by atoms with Gasteiger partial charge >= 0.3 is 0 Å². The Balaban J connectivity index is 1.33. The highest BCUT2D eigenvalue weighted by atomic mass is 16.1. The molecular weight excluding hydrogens is 360 g/mol. The van der Waals surface area contributed by atoms with Crippen LogP contribution in [0.25, 0.3) is 0 Å². The summed E-state index contributed by atoms with van der Waals surface area (Å²) in [6.07, 6.45) is 8.16. The third kappa shape index (κ3) is 3.76. The van der Waals surface area contributed by atoms with Crippen molar-refractivity contribution in [1.29, 1.82) is 0 Å². The number of primary amides is 1. The largest absolute Gasteiger partial charge is 0.366 e. The maximum Gasteiger partial charge on any atom is 0.248 e. The highest BCUT2D eigenvalue weighted by molar-refractivity contribution is 5.93. The van der Waals surface area contributed by atoms with Crippen molar-refractivity contribution in [3.63, 3.8) is 0 Å². The lowest BCUT2D eigenvalue weighted by molar-refractivity contribution is -0.0187. The first-order valence-electron chi connectivity index (χ1n) is 11.0. The van der Waals surface area contributed by atoms with Crippen molar-refractivity contribution in [1.82, 2.24) is 9.88 Å². The first-order valence-corrected chi connectivity index (χ1v) is 11.0. The number of piperidine rings is 3. The number of hydrogen-bond acceptors (Lipinski definition) is 4. The van der Waals surface area contributed by atoms with Gasteiger partial charge in [0.25, 0.3) is 0 Å². The van der Waals surface area contributed by atoms with Gasteiger partial charge in [0.05, 0.1) is 0 Å². The van der Waals surface area contributed by atoms with E-state index in [1.807, 2.05) is 6.07 Å². The summed E-state index contributed by atoms with van der Waals surface area (Å²) in [6, 6.07) is 15.9. The Morgan fingerprint density at radius 1 is 1.10 bits per heavy atom. The van der Waals surface area contributed by atoms with Crippen molar-refractivity contribution >= 4 is 11.7 Å². The van der Waals surface area contributed by atoms with Gasteiger partial charge in [-0.15, -0.1) is 0 Å². The molecule has 3 saturated heterocycles. The first-order chi connectivity index (χ1) is 14.2. The molecule has 0 aliphatic carbocycles. The number of nitrogens with zero attached hydrogens (tertiary/aromatic N) is 3. The molecule has 5 rings (SSSR count). The Bertz CT molecular complexity index is 870. The summed E-state index contributed by atoms with van der Waals surface area (Å²) in [5.74, 6) is 1.87. The molecule has 0 spiro atoms. The second-order valence-electron chi connectivity index (χ2n) is 9.07. The van der Waals surface area contributed by atoms with Gasteiger partial charge in [0, 0.05) is 43.5 Å². The molecule has 29 heavy (non-hydrogen) atoms. The van der Waals surface area contributed by atoms with Crippen LogP contribution < -0.4 is 10.6 Å². The van der Waals surface area contributed by atoms with Crippen LogP contribution in [0.15, 0.2) is 48.7 Å². The molecule has 0 saturated carbocycles. The number of rotatable bonds is 4. The lowest BCUT2D eigenvalue weighted by Gasteiger charge is -2.55. The Labute approximate surface area is 172 Å². The molecule has 4 atom stereocenters. The van der Waals surface area contributed by atoms with E-state index >= 15 is 0 Å². The smallest absolute Gasteiger partial charge is 0.248 e. The highest BCUT2D eigenvalue weighted by Gasteiger charge is 2.44. The summed E-state index contributed by atoms with van der Waals surface area (Å²) in [6.45, 7) is 3.24. The number of fused-ring (bicyclic) bond motifs is 4. The van der Waals surface area contributed by atoms with Crippen LogP contribution in [0.4, 0.5) is 5.82 Å². The molecule has 1 amide bonds. The summed E-state index contributed by atoms with van der Waals surface area (Å²) in [7, 11) is 0. The van der Waals surface area contributed by atoms with Crippen LogP contribution in [0, 0.1) is 11.8 Å². The third-order valence-corrected chi connectivity index (χ3v) is 7.18. The van der Waals surface area contributed by atoms with Crippen LogP contribution in [0.2, 0.25) is 0 Å². The number of anilines is 1. The van der Waals surface area contributed by atoms with Gasteiger partial charge in [0.2, 0.25) is 5.91 Å². The van der Waals surface area contributed by atoms with E-state index in [1.165, 1.54) is 44.2 Å². The summed E-state index contributed by atoms with van der Waals surface area (Å²) in [4.78, 5) is 21.4. The van der Waals surface area contributed by atoms with Gasteiger partial charge in [-0.2, -0.15) is 0 Å². The van der Waals surface area contributed by atoms with E-state index in [9.17, 15) is 4.79 Å². The lowest BCUT2D eigenvalue weighted by Crippen LogP contribution is -2.62. The quantitative estimate of drug-likeness (QED) is 0.871. The Kier molecular flexibility index (Phi) is 5.00. The highest BCUT2D eigenvalue weighted by Crippen LogP contribution is 2.41. The van der Waals surface area contributed by atoms with Crippen LogP contribution in [0.1, 0.15) is 41.6 Å². The molecular formula is C24H30N4O. The molecule has 0 radical (unpaired) electrons. The second-order valence-corrected chi connectivity index (χ2v) is 9.07. The van der Waals surface area contributed by atoms with Crippen LogP contribution in [0.3, 0.4) is 0 Å². The summed E-state index contributed by atoms with van der Waals surface area (Å²) in [5.41, 5.74) is 7.49. The molecule has 2 aromatic rings. The van der Waals surface area contributed by atoms with E-state index in [0.29, 0.717) is 29.5 Å². The number of benzene rings is 1. The number of amides is 1. The molecule has 2 N–H and O–H groups in total. The van der Waals surface area contributed by atoms with Crippen molar-refractivity contribution in [2.45, 2.75) is 44.2 Å². The maximum atomic E-state index is 11.6. The van der Waals surface area contributed by atoms with Gasteiger partial charge in [0.1, 0.15) is 5.82 Å². The van der Waals surface area contributed by atoms with Crippen LogP contribution in [-0.4, -0.2) is 47.5 Å². The molecule has 152 valence electrons. The minimum Gasteiger partial charge on any atom is -0.366 e.